The summed E-state index contributed by atoms with van der Waals surface area (Å²) in [7, 11) is 1.58. The third-order valence-electron chi connectivity index (χ3n) is 4.40. The first-order valence-corrected chi connectivity index (χ1v) is 9.04. The monoisotopic (exact) mass is 402 g/mol. The number of halogens is 1. The molecule has 0 bridgehead atoms. The van der Waals surface area contributed by atoms with Crippen molar-refractivity contribution in [1.82, 2.24) is 10.2 Å². The lowest BCUT2D eigenvalue weighted by Gasteiger charge is -2.23. The summed E-state index contributed by atoms with van der Waals surface area (Å²) in [4.78, 5) is 38.0. The number of anilines is 1. The van der Waals surface area contributed by atoms with E-state index in [-0.39, 0.29) is 43.0 Å². The van der Waals surface area contributed by atoms with Gasteiger partial charge in [-0.3, -0.25) is 24.6 Å². The van der Waals surface area contributed by atoms with Crippen LogP contribution in [0.25, 0.3) is 0 Å². The van der Waals surface area contributed by atoms with Crippen molar-refractivity contribution in [2.75, 3.05) is 31.6 Å². The smallest absolute Gasteiger partial charge is 0.269 e. The summed E-state index contributed by atoms with van der Waals surface area (Å²) in [5.74, 6) is -0.832. The number of benzene rings is 2. The van der Waals surface area contributed by atoms with E-state index < -0.39 is 4.92 Å². The van der Waals surface area contributed by atoms with E-state index in [2.05, 4.69) is 5.32 Å². The second kappa shape index (κ2) is 10.3. The fourth-order valence-electron chi connectivity index (χ4n) is 2.58. The van der Waals surface area contributed by atoms with E-state index in [0.717, 1.165) is 5.56 Å². The maximum absolute atomic E-state index is 12.9. The van der Waals surface area contributed by atoms with Gasteiger partial charge in [-0.2, -0.15) is 0 Å². The second-order valence-electron chi connectivity index (χ2n) is 6.43. The predicted molar refractivity (Wildman–Crippen MR) is 107 cm³/mol. The van der Waals surface area contributed by atoms with Gasteiger partial charge in [-0.15, -0.1) is 0 Å². The van der Waals surface area contributed by atoms with Crippen LogP contribution in [0.4, 0.5) is 15.8 Å². The highest BCUT2D eigenvalue weighted by atomic mass is 19.1. The molecule has 9 heteroatoms. The third-order valence-corrected chi connectivity index (χ3v) is 4.40. The van der Waals surface area contributed by atoms with Crippen molar-refractivity contribution in [2.45, 2.75) is 13.5 Å². The van der Waals surface area contributed by atoms with E-state index in [1.807, 2.05) is 6.92 Å². The minimum atomic E-state index is -0.505. The Bertz CT molecular complexity index is 856. The van der Waals surface area contributed by atoms with Crippen LogP contribution in [0.1, 0.15) is 12.5 Å². The zero-order valence-electron chi connectivity index (χ0n) is 16.3. The van der Waals surface area contributed by atoms with Crippen molar-refractivity contribution in [3.63, 3.8) is 0 Å². The molecule has 0 spiro atoms. The second-order valence-corrected chi connectivity index (χ2v) is 6.43. The molecule has 154 valence electrons. The molecule has 1 N–H and O–H groups in total. The summed E-state index contributed by atoms with van der Waals surface area (Å²) >= 11 is 0. The molecule has 0 saturated heterocycles. The van der Waals surface area contributed by atoms with Gasteiger partial charge in [0.05, 0.1) is 18.0 Å². The number of likely N-dealkylation sites (N-methyl/N-ethyl adjacent to an activating group) is 2. The van der Waals surface area contributed by atoms with Gasteiger partial charge in [0.2, 0.25) is 11.8 Å². The van der Waals surface area contributed by atoms with Crippen molar-refractivity contribution >= 4 is 23.2 Å². The largest absolute Gasteiger partial charge is 0.351 e. The molecule has 0 unspecified atom stereocenters. The normalized spacial score (nSPS) is 10.6. The highest BCUT2D eigenvalue weighted by Gasteiger charge is 2.17. The zero-order valence-corrected chi connectivity index (χ0v) is 16.3. The van der Waals surface area contributed by atoms with Gasteiger partial charge in [-0.25, -0.2) is 4.39 Å². The highest BCUT2D eigenvalue weighted by Crippen LogP contribution is 2.18. The Morgan fingerprint density at radius 1 is 1.07 bits per heavy atom. The molecular weight excluding hydrogens is 379 g/mol. The molecule has 2 rings (SSSR count). The molecule has 0 saturated carbocycles. The molecule has 8 nitrogen and oxygen atoms in total. The van der Waals surface area contributed by atoms with Crippen molar-refractivity contribution in [3.8, 4) is 0 Å². The van der Waals surface area contributed by atoms with Gasteiger partial charge in [0, 0.05) is 31.4 Å². The molecule has 0 fully saturated rings. The number of hydrogen-bond acceptors (Lipinski definition) is 5. The van der Waals surface area contributed by atoms with Gasteiger partial charge in [0.15, 0.2) is 0 Å². The summed E-state index contributed by atoms with van der Waals surface area (Å²) in [6.45, 7) is 2.66. The number of rotatable bonds is 9. The molecule has 29 heavy (non-hydrogen) atoms. The lowest BCUT2D eigenvalue weighted by atomic mass is 10.2. The van der Waals surface area contributed by atoms with E-state index in [4.69, 9.17) is 0 Å². The van der Waals surface area contributed by atoms with E-state index in [1.54, 1.807) is 24.1 Å². The van der Waals surface area contributed by atoms with Crippen LogP contribution in [0.3, 0.4) is 0 Å². The van der Waals surface area contributed by atoms with Gasteiger partial charge in [-0.1, -0.05) is 19.1 Å². The highest BCUT2D eigenvalue weighted by molar-refractivity contribution is 5.94. The van der Waals surface area contributed by atoms with E-state index in [9.17, 15) is 24.1 Å². The van der Waals surface area contributed by atoms with Crippen molar-refractivity contribution in [1.29, 1.82) is 0 Å². The van der Waals surface area contributed by atoms with Crippen LogP contribution in [0.5, 0.6) is 0 Å². The number of nitro groups is 1. The molecule has 2 aromatic carbocycles. The summed E-state index contributed by atoms with van der Waals surface area (Å²) in [6, 6.07) is 11.5. The van der Waals surface area contributed by atoms with Gasteiger partial charge in [0.1, 0.15) is 5.82 Å². The first-order valence-electron chi connectivity index (χ1n) is 9.04. The van der Waals surface area contributed by atoms with Gasteiger partial charge >= 0.3 is 0 Å². The van der Waals surface area contributed by atoms with E-state index in [0.29, 0.717) is 12.2 Å². The van der Waals surface area contributed by atoms with Crippen LogP contribution in [0.2, 0.25) is 0 Å². The number of carbonyl (C=O) groups is 2. The summed E-state index contributed by atoms with van der Waals surface area (Å²) in [5, 5.41) is 13.5. The average Bonchev–Trinajstić information content (AvgIpc) is 2.72. The number of hydrogen-bond donors (Lipinski definition) is 1. The SMILES string of the molecule is CCN(CC(=O)NCc1ccc(F)cc1)CC(=O)N(C)c1ccc([N+](=O)[O-])cc1. The van der Waals surface area contributed by atoms with Crippen LogP contribution >= 0.6 is 0 Å². The predicted octanol–water partition coefficient (Wildman–Crippen LogP) is 2.33. The minimum absolute atomic E-state index is 0.0218. The Balaban J connectivity index is 1.86. The van der Waals surface area contributed by atoms with Crippen molar-refractivity contribution < 1.29 is 18.9 Å². The maximum atomic E-state index is 12.9. The summed E-state index contributed by atoms with van der Waals surface area (Å²) in [6.07, 6.45) is 0. The van der Waals surface area contributed by atoms with Gasteiger partial charge in [-0.05, 0) is 36.4 Å². The number of amides is 2. The zero-order chi connectivity index (χ0) is 21.4. The molecular formula is C20H23FN4O4. The Labute approximate surface area is 168 Å². The standard InChI is InChI=1S/C20H23FN4O4/c1-3-24(13-19(26)22-12-15-4-6-16(21)7-5-15)14-20(27)23(2)17-8-10-18(11-9-17)25(28)29/h4-11H,3,12-14H2,1-2H3,(H,22,26). The van der Waals surface area contributed by atoms with Crippen LogP contribution < -0.4 is 10.2 Å². The van der Waals surface area contributed by atoms with Crippen LogP contribution in [0, 0.1) is 15.9 Å². The summed E-state index contributed by atoms with van der Waals surface area (Å²) in [5.41, 5.74) is 1.25. The Hall–Kier alpha value is -3.33. The lowest BCUT2D eigenvalue weighted by molar-refractivity contribution is -0.384. The lowest BCUT2D eigenvalue weighted by Crippen LogP contribution is -2.43. The molecule has 0 aliphatic heterocycles. The molecule has 0 aliphatic carbocycles. The quantitative estimate of drug-likeness (QED) is 0.513. The fourth-order valence-corrected chi connectivity index (χ4v) is 2.58. The number of nitrogens with one attached hydrogen (secondary N) is 1. The van der Waals surface area contributed by atoms with Crippen molar-refractivity contribution in [2.24, 2.45) is 0 Å². The molecule has 0 aromatic heterocycles. The molecule has 2 amide bonds. The molecule has 2 aromatic rings. The summed E-state index contributed by atoms with van der Waals surface area (Å²) < 4.78 is 12.9. The van der Waals surface area contributed by atoms with Crippen LogP contribution in [0.15, 0.2) is 48.5 Å². The maximum Gasteiger partial charge on any atom is 0.269 e. The minimum Gasteiger partial charge on any atom is -0.351 e. The van der Waals surface area contributed by atoms with Gasteiger partial charge < -0.3 is 10.2 Å². The molecule has 0 radical (unpaired) electrons. The average molecular weight is 402 g/mol. The van der Waals surface area contributed by atoms with Crippen LogP contribution in [-0.4, -0.2) is 48.3 Å². The third kappa shape index (κ3) is 6.65. The Morgan fingerprint density at radius 2 is 1.69 bits per heavy atom. The van der Waals surface area contributed by atoms with Crippen LogP contribution in [-0.2, 0) is 16.1 Å². The Kier molecular flexibility index (Phi) is 7.79. The number of carbonyl (C=O) groups excluding carboxylic acids is 2. The molecule has 0 aliphatic rings. The molecule has 0 atom stereocenters. The number of nitrogens with zero attached hydrogens (tertiary/aromatic N) is 3. The fraction of sp³-hybridized carbons (Fsp3) is 0.300. The number of non-ortho nitro benzene ring substituents is 1. The van der Waals surface area contributed by atoms with E-state index in [1.165, 1.54) is 41.3 Å². The molecule has 0 heterocycles. The van der Waals surface area contributed by atoms with E-state index >= 15 is 0 Å². The topological polar surface area (TPSA) is 95.8 Å². The first kappa shape index (κ1) is 22.0. The first-order chi connectivity index (χ1) is 13.8. The Morgan fingerprint density at radius 3 is 2.24 bits per heavy atom. The number of nitro benzene ring substituents is 1. The van der Waals surface area contributed by atoms with Gasteiger partial charge in [0.25, 0.3) is 5.69 Å². The van der Waals surface area contributed by atoms with Crippen molar-refractivity contribution in [3.05, 3.63) is 70.0 Å².